The van der Waals surface area contributed by atoms with Gasteiger partial charge in [-0.3, -0.25) is 4.90 Å². The third kappa shape index (κ3) is 3.35. The van der Waals surface area contributed by atoms with Gasteiger partial charge >= 0.3 is 6.09 Å². The molecule has 1 amide bonds. The molecule has 2 aliphatic rings. The molecule has 3 heterocycles. The van der Waals surface area contributed by atoms with Gasteiger partial charge in [0, 0.05) is 24.1 Å². The van der Waals surface area contributed by atoms with E-state index in [0.29, 0.717) is 18.9 Å². The Bertz CT molecular complexity index is 772. The number of benzene rings is 1. The van der Waals surface area contributed by atoms with Gasteiger partial charge in [0.05, 0.1) is 18.8 Å². The molecule has 0 atom stereocenters. The lowest BCUT2D eigenvalue weighted by molar-refractivity contribution is 0.0316. The Labute approximate surface area is 147 Å². The Morgan fingerprint density at radius 3 is 2.72 bits per heavy atom. The molecule has 2 aromatic rings. The summed E-state index contributed by atoms with van der Waals surface area (Å²) in [5.74, 6) is 0.654. The van der Waals surface area contributed by atoms with Crippen LogP contribution in [-0.4, -0.2) is 46.2 Å². The first kappa shape index (κ1) is 16.0. The second-order valence-corrected chi connectivity index (χ2v) is 6.83. The van der Waals surface area contributed by atoms with Crippen molar-refractivity contribution in [3.05, 3.63) is 47.9 Å². The first-order valence-electron chi connectivity index (χ1n) is 8.72. The summed E-state index contributed by atoms with van der Waals surface area (Å²) in [5.41, 5.74) is 2.49. The second kappa shape index (κ2) is 6.44. The molecule has 0 radical (unpaired) electrons. The van der Waals surface area contributed by atoms with Gasteiger partial charge in [-0.15, -0.1) is 0 Å². The third-order valence-electron chi connectivity index (χ3n) is 4.86. The Morgan fingerprint density at radius 2 is 1.96 bits per heavy atom. The summed E-state index contributed by atoms with van der Waals surface area (Å²) >= 11 is 0. The third-order valence-corrected chi connectivity index (χ3v) is 4.86. The van der Waals surface area contributed by atoms with Gasteiger partial charge in [0.25, 0.3) is 0 Å². The number of hydrogen-bond donors (Lipinski definition) is 1. The number of hydrogen-bond acceptors (Lipinski definition) is 5. The van der Waals surface area contributed by atoms with Gasteiger partial charge in [-0.2, -0.15) is 0 Å². The minimum absolute atomic E-state index is 0.256. The van der Waals surface area contributed by atoms with Crippen LogP contribution in [0.1, 0.15) is 24.4 Å². The molecule has 2 fully saturated rings. The van der Waals surface area contributed by atoms with Crippen LogP contribution in [0.2, 0.25) is 0 Å². The van der Waals surface area contributed by atoms with Gasteiger partial charge in [0.1, 0.15) is 11.4 Å². The van der Waals surface area contributed by atoms with E-state index in [1.165, 1.54) is 0 Å². The molecular formula is C19H22N4O2. The quantitative estimate of drug-likeness (QED) is 0.931. The largest absolute Gasteiger partial charge is 0.441 e. The smallest absolute Gasteiger partial charge is 0.410 e. The number of carbonyl (C=O) groups excluding carboxylic acids is 1. The topological polar surface area (TPSA) is 67.3 Å². The van der Waals surface area contributed by atoms with E-state index in [4.69, 9.17) is 4.74 Å². The average molecular weight is 338 g/mol. The Morgan fingerprint density at radius 1 is 1.20 bits per heavy atom. The maximum absolute atomic E-state index is 12.3. The summed E-state index contributed by atoms with van der Waals surface area (Å²) in [6.45, 7) is 4.73. The lowest BCUT2D eigenvalue weighted by atomic mass is 9.92. The molecule has 2 aliphatic heterocycles. The van der Waals surface area contributed by atoms with E-state index < -0.39 is 0 Å². The molecule has 1 aromatic heterocycles. The van der Waals surface area contributed by atoms with Gasteiger partial charge in [-0.1, -0.05) is 30.3 Å². The number of amides is 1. The molecule has 0 unspecified atom stereocenters. The summed E-state index contributed by atoms with van der Waals surface area (Å²) < 4.78 is 5.71. The van der Waals surface area contributed by atoms with Crippen LogP contribution in [0.3, 0.4) is 0 Å². The van der Waals surface area contributed by atoms with Crippen LogP contribution in [0.5, 0.6) is 0 Å². The fourth-order valence-electron chi connectivity index (χ4n) is 3.59. The van der Waals surface area contributed by atoms with E-state index in [1.54, 1.807) is 4.90 Å². The van der Waals surface area contributed by atoms with E-state index in [0.717, 1.165) is 42.9 Å². The molecule has 4 rings (SSSR count). The van der Waals surface area contributed by atoms with Crippen LogP contribution < -0.4 is 5.32 Å². The zero-order valence-electron chi connectivity index (χ0n) is 14.4. The monoisotopic (exact) mass is 338 g/mol. The van der Waals surface area contributed by atoms with Crippen molar-refractivity contribution >= 4 is 6.09 Å². The molecule has 6 nitrogen and oxygen atoms in total. The van der Waals surface area contributed by atoms with Crippen LogP contribution in [0, 0.1) is 6.92 Å². The minimum Gasteiger partial charge on any atom is -0.441 e. The zero-order valence-corrected chi connectivity index (χ0v) is 14.4. The SMILES string of the molecule is Cc1cc(-c2ccccc2)nc(CN2CC3(CCNCC3)OC2=O)n1. The van der Waals surface area contributed by atoms with Crippen LogP contribution >= 0.6 is 0 Å². The second-order valence-electron chi connectivity index (χ2n) is 6.83. The molecule has 2 saturated heterocycles. The lowest BCUT2D eigenvalue weighted by Gasteiger charge is -2.31. The predicted octanol–water partition coefficient (Wildman–Crippen LogP) is 2.53. The number of piperidine rings is 1. The van der Waals surface area contributed by atoms with E-state index in [9.17, 15) is 4.79 Å². The number of nitrogens with one attached hydrogen (secondary N) is 1. The predicted molar refractivity (Wildman–Crippen MR) is 93.9 cm³/mol. The van der Waals surface area contributed by atoms with Gasteiger partial charge < -0.3 is 10.1 Å². The van der Waals surface area contributed by atoms with Crippen LogP contribution in [0.4, 0.5) is 4.79 Å². The van der Waals surface area contributed by atoms with Crippen LogP contribution in [-0.2, 0) is 11.3 Å². The molecule has 130 valence electrons. The van der Waals surface area contributed by atoms with Crippen molar-refractivity contribution in [2.24, 2.45) is 0 Å². The molecule has 25 heavy (non-hydrogen) atoms. The minimum atomic E-state index is -0.339. The first-order valence-corrected chi connectivity index (χ1v) is 8.72. The maximum Gasteiger partial charge on any atom is 0.410 e. The number of aryl methyl sites for hydroxylation is 1. The van der Waals surface area contributed by atoms with E-state index >= 15 is 0 Å². The van der Waals surface area contributed by atoms with Crippen molar-refractivity contribution in [1.82, 2.24) is 20.2 Å². The summed E-state index contributed by atoms with van der Waals surface area (Å²) in [6.07, 6.45) is 1.46. The molecule has 1 spiro atoms. The Kier molecular flexibility index (Phi) is 4.13. The van der Waals surface area contributed by atoms with Gasteiger partial charge in [0.15, 0.2) is 0 Å². The fraction of sp³-hybridized carbons (Fsp3) is 0.421. The normalized spacial score (nSPS) is 19.2. The summed E-state index contributed by atoms with van der Waals surface area (Å²) in [5, 5.41) is 3.31. The van der Waals surface area contributed by atoms with Crippen molar-refractivity contribution in [2.75, 3.05) is 19.6 Å². The number of nitrogens with zero attached hydrogens (tertiary/aromatic N) is 3. The molecule has 0 aliphatic carbocycles. The van der Waals surface area contributed by atoms with Crippen molar-refractivity contribution in [3.63, 3.8) is 0 Å². The number of rotatable bonds is 3. The Hall–Kier alpha value is -2.47. The molecule has 0 bridgehead atoms. The van der Waals surface area contributed by atoms with E-state index in [-0.39, 0.29) is 11.7 Å². The van der Waals surface area contributed by atoms with Crippen LogP contribution in [0.15, 0.2) is 36.4 Å². The van der Waals surface area contributed by atoms with Crippen LogP contribution in [0.25, 0.3) is 11.3 Å². The molecule has 0 saturated carbocycles. The highest BCUT2D eigenvalue weighted by molar-refractivity contribution is 5.70. The Balaban J connectivity index is 1.55. The fourth-order valence-corrected chi connectivity index (χ4v) is 3.59. The highest BCUT2D eigenvalue weighted by atomic mass is 16.6. The molecule has 1 N–H and O–H groups in total. The standard InChI is InChI=1S/C19H22N4O2/c1-14-11-16(15-5-3-2-4-6-15)22-17(21-14)12-23-13-19(25-18(23)24)7-9-20-10-8-19/h2-6,11,20H,7-10,12-13H2,1H3. The van der Waals surface area contributed by atoms with Crippen molar-refractivity contribution in [3.8, 4) is 11.3 Å². The van der Waals surface area contributed by atoms with Crippen molar-refractivity contribution in [1.29, 1.82) is 0 Å². The van der Waals surface area contributed by atoms with Crippen molar-refractivity contribution in [2.45, 2.75) is 31.9 Å². The number of ether oxygens (including phenoxy) is 1. The lowest BCUT2D eigenvalue weighted by Crippen LogP contribution is -2.44. The van der Waals surface area contributed by atoms with Gasteiger partial charge in [0.2, 0.25) is 0 Å². The van der Waals surface area contributed by atoms with E-state index in [2.05, 4.69) is 15.3 Å². The van der Waals surface area contributed by atoms with Gasteiger partial charge in [-0.25, -0.2) is 14.8 Å². The first-order chi connectivity index (χ1) is 12.1. The summed E-state index contributed by atoms with van der Waals surface area (Å²) in [6, 6.07) is 12.0. The molecular weight excluding hydrogens is 316 g/mol. The van der Waals surface area contributed by atoms with Gasteiger partial charge in [-0.05, 0) is 26.1 Å². The number of aromatic nitrogens is 2. The zero-order chi connectivity index (χ0) is 17.3. The molecule has 1 aromatic carbocycles. The highest BCUT2D eigenvalue weighted by Gasteiger charge is 2.45. The molecule has 6 heteroatoms. The average Bonchev–Trinajstić information content (AvgIpc) is 2.90. The number of carbonyl (C=O) groups is 1. The summed E-state index contributed by atoms with van der Waals surface area (Å²) in [4.78, 5) is 23.2. The van der Waals surface area contributed by atoms with E-state index in [1.807, 2.05) is 43.3 Å². The summed E-state index contributed by atoms with van der Waals surface area (Å²) in [7, 11) is 0. The highest BCUT2D eigenvalue weighted by Crippen LogP contribution is 2.31. The van der Waals surface area contributed by atoms with Crippen molar-refractivity contribution < 1.29 is 9.53 Å². The maximum atomic E-state index is 12.3.